The number of imidazole rings is 1. The van der Waals surface area contributed by atoms with Gasteiger partial charge in [-0.25, -0.2) is 15.0 Å². The Morgan fingerprint density at radius 3 is 2.86 bits per heavy atom. The number of benzene rings is 1. The molecule has 9 nitrogen and oxygen atoms in total. The third-order valence-corrected chi connectivity index (χ3v) is 7.63. The van der Waals surface area contributed by atoms with Gasteiger partial charge in [-0.3, -0.25) is 14.3 Å². The van der Waals surface area contributed by atoms with Gasteiger partial charge in [-0.2, -0.15) is 0 Å². The summed E-state index contributed by atoms with van der Waals surface area (Å²) in [6.07, 6.45) is 4.95. The molecule has 0 amide bonds. The van der Waals surface area contributed by atoms with Crippen LogP contribution in [0.4, 0.5) is 0 Å². The van der Waals surface area contributed by atoms with Gasteiger partial charge in [0.05, 0.1) is 17.4 Å². The van der Waals surface area contributed by atoms with Gasteiger partial charge >= 0.3 is 5.97 Å². The van der Waals surface area contributed by atoms with Gasteiger partial charge in [-0.1, -0.05) is 18.5 Å². The van der Waals surface area contributed by atoms with Gasteiger partial charge in [-0.15, -0.1) is 0 Å². The summed E-state index contributed by atoms with van der Waals surface area (Å²) in [6, 6.07) is 7.91. The van der Waals surface area contributed by atoms with Crippen LogP contribution in [-0.2, 0) is 14.3 Å². The number of rotatable bonds is 4. The van der Waals surface area contributed by atoms with Crippen molar-refractivity contribution in [3.05, 3.63) is 52.7 Å². The third-order valence-electron chi connectivity index (χ3n) is 6.92. The molecule has 3 atom stereocenters. The fourth-order valence-electron chi connectivity index (χ4n) is 5.14. The summed E-state index contributed by atoms with van der Waals surface area (Å²) < 4.78 is 21.3. The second kappa shape index (κ2) is 8.39. The number of carbonyl (C=O) groups is 1. The van der Waals surface area contributed by atoms with Gasteiger partial charge < -0.3 is 14.2 Å². The summed E-state index contributed by atoms with van der Waals surface area (Å²) in [6.45, 7) is 3.45. The molecule has 6 rings (SSSR count). The van der Waals surface area contributed by atoms with Crippen LogP contribution in [0.1, 0.15) is 32.9 Å². The first-order valence-corrected chi connectivity index (χ1v) is 12.4. The smallest absolute Gasteiger partial charge is 0.303 e. The minimum Gasteiger partial charge on any atom is -0.490 e. The highest BCUT2D eigenvalue weighted by atomic mass is 79.9. The van der Waals surface area contributed by atoms with Gasteiger partial charge in [0.25, 0.3) is 0 Å². The molecule has 0 bridgehead atoms. The van der Waals surface area contributed by atoms with Crippen molar-refractivity contribution in [2.75, 3.05) is 0 Å². The molecule has 3 aromatic heterocycles. The lowest BCUT2D eigenvalue weighted by Crippen LogP contribution is -2.54. The SMILES string of the molecule is CC(=O)OC1[C@H](n2cnc3c(Cl)ncnc32)O[C@]2(C[C@H](Oc3ccc4cc(Br)cnc4c3)C2)[C@H]1C. The van der Waals surface area contributed by atoms with Crippen LogP contribution in [0.5, 0.6) is 5.75 Å². The van der Waals surface area contributed by atoms with Crippen LogP contribution in [0.2, 0.25) is 5.15 Å². The van der Waals surface area contributed by atoms with E-state index in [4.69, 9.17) is 25.8 Å². The van der Waals surface area contributed by atoms with Gasteiger partial charge in [-0.05, 0) is 34.1 Å². The molecule has 35 heavy (non-hydrogen) atoms. The number of halogens is 2. The van der Waals surface area contributed by atoms with Gasteiger partial charge in [0.2, 0.25) is 0 Å². The summed E-state index contributed by atoms with van der Waals surface area (Å²) >= 11 is 9.63. The number of nitrogens with zero attached hydrogens (tertiary/aromatic N) is 5. The Morgan fingerprint density at radius 1 is 1.23 bits per heavy atom. The number of hydrogen-bond donors (Lipinski definition) is 0. The van der Waals surface area contributed by atoms with E-state index in [-0.39, 0.29) is 23.1 Å². The van der Waals surface area contributed by atoms with Crippen molar-refractivity contribution in [3.63, 3.8) is 0 Å². The molecular weight excluding hydrogens is 538 g/mol. The Hall–Kier alpha value is -2.82. The molecule has 1 aliphatic carbocycles. The van der Waals surface area contributed by atoms with Gasteiger partial charge in [0, 0.05) is 47.8 Å². The van der Waals surface area contributed by atoms with Crippen molar-refractivity contribution in [2.24, 2.45) is 5.92 Å². The number of ether oxygens (including phenoxy) is 3. The number of aromatic nitrogens is 5. The average Bonchev–Trinajstić information content (AvgIpc) is 3.34. The van der Waals surface area contributed by atoms with Crippen LogP contribution in [0, 0.1) is 5.92 Å². The molecule has 2 fully saturated rings. The molecule has 1 aromatic carbocycles. The summed E-state index contributed by atoms with van der Waals surface area (Å²) in [5.74, 6) is 0.325. The van der Waals surface area contributed by atoms with Crippen molar-refractivity contribution in [2.45, 2.75) is 50.7 Å². The normalized spacial score (nSPS) is 27.9. The number of carbonyl (C=O) groups excluding carboxylic acids is 1. The predicted octanol–water partition coefficient (Wildman–Crippen LogP) is 4.87. The molecule has 4 aromatic rings. The Labute approximate surface area is 213 Å². The lowest BCUT2D eigenvalue weighted by molar-refractivity contribution is -0.171. The molecule has 4 heterocycles. The molecule has 1 saturated heterocycles. The molecule has 1 spiro atoms. The van der Waals surface area contributed by atoms with Crippen LogP contribution >= 0.6 is 27.5 Å². The minimum absolute atomic E-state index is 0.0293. The number of esters is 1. The van der Waals surface area contributed by atoms with E-state index < -0.39 is 17.9 Å². The highest BCUT2D eigenvalue weighted by Gasteiger charge is 2.62. The van der Waals surface area contributed by atoms with Crippen LogP contribution in [0.15, 0.2) is 47.6 Å². The maximum Gasteiger partial charge on any atom is 0.303 e. The van der Waals surface area contributed by atoms with Crippen molar-refractivity contribution < 1.29 is 19.0 Å². The summed E-state index contributed by atoms with van der Waals surface area (Å²) in [5, 5.41) is 1.29. The lowest BCUT2D eigenvalue weighted by Gasteiger charge is -2.46. The van der Waals surface area contributed by atoms with Crippen molar-refractivity contribution in [3.8, 4) is 5.75 Å². The molecule has 0 radical (unpaired) electrons. The van der Waals surface area contributed by atoms with Crippen molar-refractivity contribution >= 4 is 55.6 Å². The largest absolute Gasteiger partial charge is 0.490 e. The summed E-state index contributed by atoms with van der Waals surface area (Å²) in [4.78, 5) is 29.1. The summed E-state index contributed by atoms with van der Waals surface area (Å²) in [7, 11) is 0. The summed E-state index contributed by atoms with van der Waals surface area (Å²) in [5.41, 5.74) is 1.37. The zero-order chi connectivity index (χ0) is 24.3. The van der Waals surface area contributed by atoms with E-state index in [1.165, 1.54) is 13.3 Å². The maximum absolute atomic E-state index is 11.9. The third kappa shape index (κ3) is 3.84. The van der Waals surface area contributed by atoms with Crippen molar-refractivity contribution in [1.29, 1.82) is 0 Å². The molecule has 1 aliphatic heterocycles. The minimum atomic E-state index is -0.589. The Morgan fingerprint density at radius 2 is 2.06 bits per heavy atom. The molecule has 2 aliphatic rings. The maximum atomic E-state index is 11.9. The fourth-order valence-corrected chi connectivity index (χ4v) is 5.67. The van der Waals surface area contributed by atoms with Gasteiger partial charge in [0.1, 0.15) is 23.7 Å². The zero-order valence-electron chi connectivity index (χ0n) is 18.9. The highest BCUT2D eigenvalue weighted by molar-refractivity contribution is 9.10. The van der Waals surface area contributed by atoms with E-state index in [1.807, 2.05) is 31.2 Å². The quantitative estimate of drug-likeness (QED) is 0.258. The highest BCUT2D eigenvalue weighted by Crippen LogP contribution is 2.54. The first-order chi connectivity index (χ1) is 16.8. The molecule has 0 N–H and O–H groups in total. The first-order valence-electron chi connectivity index (χ1n) is 11.2. The van der Waals surface area contributed by atoms with Crippen LogP contribution < -0.4 is 4.74 Å². The van der Waals surface area contributed by atoms with E-state index >= 15 is 0 Å². The van der Waals surface area contributed by atoms with E-state index in [1.54, 1.807) is 17.1 Å². The molecule has 11 heteroatoms. The molecule has 1 unspecified atom stereocenters. The fraction of sp³-hybridized carbons (Fsp3) is 0.375. The number of pyridine rings is 1. The first kappa shape index (κ1) is 22.6. The van der Waals surface area contributed by atoms with Crippen LogP contribution in [0.25, 0.3) is 22.1 Å². The predicted molar refractivity (Wildman–Crippen MR) is 131 cm³/mol. The second-order valence-electron chi connectivity index (χ2n) is 9.08. The van der Waals surface area contributed by atoms with E-state index in [2.05, 4.69) is 35.9 Å². The zero-order valence-corrected chi connectivity index (χ0v) is 21.2. The van der Waals surface area contributed by atoms with E-state index in [0.29, 0.717) is 24.0 Å². The average molecular weight is 559 g/mol. The lowest BCUT2D eigenvalue weighted by atomic mass is 9.69. The Bertz CT molecular complexity index is 1460. The Balaban J connectivity index is 1.24. The van der Waals surface area contributed by atoms with Crippen LogP contribution in [0.3, 0.4) is 0 Å². The molecule has 180 valence electrons. The molecule has 1 saturated carbocycles. The second-order valence-corrected chi connectivity index (χ2v) is 10.4. The topological polar surface area (TPSA) is 101 Å². The standard InChI is InChI=1S/C24H21BrClN5O4/c1-12-20(33-13(2)32)23(31-11-30-19-21(26)28-10-29-22(19)31)35-24(12)7-17(8-24)34-16-4-3-14-5-15(25)9-27-18(14)6-16/h3-6,9-12,17,20,23H,7-8H2,1-2H3/t12-,17-,20?,23+,24-/m0/s1. The van der Waals surface area contributed by atoms with Crippen LogP contribution in [-0.4, -0.2) is 48.3 Å². The van der Waals surface area contributed by atoms with Crippen molar-refractivity contribution in [1.82, 2.24) is 24.5 Å². The van der Waals surface area contributed by atoms with E-state index in [0.717, 1.165) is 21.1 Å². The molecular formula is C24H21BrClN5O4. The van der Waals surface area contributed by atoms with Gasteiger partial charge in [0.15, 0.2) is 23.1 Å². The Kier molecular flexibility index (Phi) is 5.43. The number of fused-ring (bicyclic) bond motifs is 2. The number of hydrogen-bond acceptors (Lipinski definition) is 8. The monoisotopic (exact) mass is 557 g/mol. The van der Waals surface area contributed by atoms with E-state index in [9.17, 15) is 4.79 Å².